The number of hydrogen-bond acceptors (Lipinski definition) is 6. The molecular weight excluding hydrogens is 344 g/mol. The zero-order valence-corrected chi connectivity index (χ0v) is 16.8. The molecule has 2 aliphatic rings. The summed E-state index contributed by atoms with van der Waals surface area (Å²) in [7, 11) is 1.64. The molecule has 0 radical (unpaired) electrons. The molecule has 6 heteroatoms. The minimum atomic E-state index is -0.153. The summed E-state index contributed by atoms with van der Waals surface area (Å²) in [5.41, 5.74) is 1.83. The van der Waals surface area contributed by atoms with Gasteiger partial charge in [-0.3, -0.25) is 14.6 Å². The maximum Gasteiger partial charge on any atom is 0.168 e. The van der Waals surface area contributed by atoms with Crippen LogP contribution in [0.2, 0.25) is 0 Å². The number of ketones is 2. The Balaban J connectivity index is 1.82. The smallest absolute Gasteiger partial charge is 0.168 e. The Bertz CT molecular complexity index is 856. The molecule has 27 heavy (non-hydrogen) atoms. The van der Waals surface area contributed by atoms with Gasteiger partial charge in [0.25, 0.3) is 0 Å². The number of aliphatic hydroxyl groups excluding tert-OH is 1. The molecule has 0 bridgehead atoms. The van der Waals surface area contributed by atoms with Crippen LogP contribution in [0.25, 0.3) is 0 Å². The summed E-state index contributed by atoms with van der Waals surface area (Å²) in [4.78, 5) is 29.3. The second kappa shape index (κ2) is 6.73. The predicted molar refractivity (Wildman–Crippen MR) is 102 cm³/mol. The van der Waals surface area contributed by atoms with Crippen LogP contribution in [0.5, 0.6) is 0 Å². The van der Waals surface area contributed by atoms with E-state index in [-0.39, 0.29) is 34.6 Å². The van der Waals surface area contributed by atoms with Crippen molar-refractivity contribution in [2.75, 3.05) is 7.05 Å². The van der Waals surface area contributed by atoms with Crippen LogP contribution in [0.3, 0.4) is 0 Å². The largest absolute Gasteiger partial charge is 0.511 e. The van der Waals surface area contributed by atoms with Gasteiger partial charge in [-0.25, -0.2) is 0 Å². The first kappa shape index (κ1) is 19.5. The van der Waals surface area contributed by atoms with Crippen molar-refractivity contribution in [1.82, 2.24) is 5.16 Å². The highest BCUT2D eigenvalue weighted by atomic mass is 16.5. The molecule has 1 N–H and O–H groups in total. The SMILES string of the molecule is CN=C1CC(C)(C)CC(=O)/C1=C(\O)CCc1noc2c1C(=O)CC(C)(C)C2. The minimum absolute atomic E-state index is 0.0245. The van der Waals surface area contributed by atoms with Crippen LogP contribution in [-0.4, -0.2) is 34.6 Å². The molecule has 0 saturated heterocycles. The number of Topliss-reactive ketones (excluding diaryl/α,β-unsaturated/α-hetero) is 2. The van der Waals surface area contributed by atoms with E-state index in [0.717, 1.165) is 0 Å². The van der Waals surface area contributed by atoms with E-state index in [2.05, 4.69) is 10.1 Å². The second-order valence-electron chi connectivity index (χ2n) is 9.30. The highest BCUT2D eigenvalue weighted by molar-refractivity contribution is 6.24. The predicted octanol–water partition coefficient (Wildman–Crippen LogP) is 4.03. The number of aromatic nitrogens is 1. The molecule has 1 saturated carbocycles. The van der Waals surface area contributed by atoms with Crippen LogP contribution in [0, 0.1) is 10.8 Å². The summed E-state index contributed by atoms with van der Waals surface area (Å²) in [6.45, 7) is 8.12. The topological polar surface area (TPSA) is 92.8 Å². The fourth-order valence-corrected chi connectivity index (χ4v) is 4.16. The maximum atomic E-state index is 12.6. The number of carbonyl (C=O) groups is 2. The molecule has 2 aliphatic carbocycles. The van der Waals surface area contributed by atoms with Gasteiger partial charge >= 0.3 is 0 Å². The Morgan fingerprint density at radius 3 is 2.37 bits per heavy atom. The molecule has 0 aliphatic heterocycles. The number of rotatable bonds is 3. The van der Waals surface area contributed by atoms with Crippen molar-refractivity contribution in [3.63, 3.8) is 0 Å². The summed E-state index contributed by atoms with van der Waals surface area (Å²) >= 11 is 0. The van der Waals surface area contributed by atoms with Gasteiger partial charge in [-0.15, -0.1) is 0 Å². The number of aliphatic imine (C=N–C) groups is 1. The Morgan fingerprint density at radius 1 is 1.07 bits per heavy atom. The molecule has 0 amide bonds. The average molecular weight is 372 g/mol. The van der Waals surface area contributed by atoms with Gasteiger partial charge in [0.2, 0.25) is 0 Å². The zero-order valence-electron chi connectivity index (χ0n) is 16.8. The van der Waals surface area contributed by atoms with E-state index in [1.807, 2.05) is 27.7 Å². The standard InChI is InChI=1S/C21H28N2O4/c1-20(2)8-13(22-5)18(15(25)9-20)14(24)7-6-12-19-16(26)10-21(3,4)11-17(19)27-23-12/h24H,6-11H2,1-5H3/b18-14-,22-13?. The molecule has 0 atom stereocenters. The maximum absolute atomic E-state index is 12.6. The van der Waals surface area contributed by atoms with E-state index >= 15 is 0 Å². The second-order valence-corrected chi connectivity index (χ2v) is 9.30. The Morgan fingerprint density at radius 2 is 1.70 bits per heavy atom. The number of aliphatic hydroxyl groups is 1. The molecule has 6 nitrogen and oxygen atoms in total. The van der Waals surface area contributed by atoms with Gasteiger partial charge < -0.3 is 9.63 Å². The summed E-state index contributed by atoms with van der Waals surface area (Å²) in [6.07, 6.45) is 2.76. The van der Waals surface area contributed by atoms with E-state index in [9.17, 15) is 14.7 Å². The first-order valence-electron chi connectivity index (χ1n) is 9.45. The van der Waals surface area contributed by atoms with E-state index in [4.69, 9.17) is 4.52 Å². The summed E-state index contributed by atoms with van der Waals surface area (Å²) in [6, 6.07) is 0. The fraction of sp³-hybridized carbons (Fsp3) is 0.619. The third kappa shape index (κ3) is 3.89. The fourth-order valence-electron chi connectivity index (χ4n) is 4.16. The van der Waals surface area contributed by atoms with Gasteiger partial charge in [0.15, 0.2) is 11.6 Å². The molecule has 0 unspecified atom stereocenters. The number of nitrogens with zero attached hydrogens (tertiary/aromatic N) is 2. The first-order chi connectivity index (χ1) is 12.5. The number of carbonyl (C=O) groups excluding carboxylic acids is 2. The summed E-state index contributed by atoms with van der Waals surface area (Å²) in [5, 5.41) is 14.7. The molecule has 0 aromatic carbocycles. The van der Waals surface area contributed by atoms with Crippen LogP contribution in [-0.2, 0) is 17.6 Å². The van der Waals surface area contributed by atoms with Crippen LogP contribution >= 0.6 is 0 Å². The Kier molecular flexibility index (Phi) is 4.87. The molecule has 1 aromatic rings. The van der Waals surface area contributed by atoms with Crippen molar-refractivity contribution in [2.45, 2.75) is 66.2 Å². The van der Waals surface area contributed by atoms with Crippen molar-refractivity contribution in [2.24, 2.45) is 15.8 Å². The van der Waals surface area contributed by atoms with Gasteiger partial charge in [0.05, 0.1) is 16.8 Å². The van der Waals surface area contributed by atoms with E-state index in [1.54, 1.807) is 7.05 Å². The third-order valence-corrected chi connectivity index (χ3v) is 5.40. The van der Waals surface area contributed by atoms with Gasteiger partial charge in [-0.1, -0.05) is 32.9 Å². The molecule has 3 rings (SSSR count). The highest BCUT2D eigenvalue weighted by Crippen LogP contribution is 2.38. The Hall–Kier alpha value is -2.24. The third-order valence-electron chi connectivity index (χ3n) is 5.40. The van der Waals surface area contributed by atoms with Crippen LogP contribution in [0.1, 0.15) is 75.2 Å². The average Bonchev–Trinajstić information content (AvgIpc) is 2.92. The van der Waals surface area contributed by atoms with Gasteiger partial charge in [-0.05, 0) is 17.3 Å². The normalized spacial score (nSPS) is 24.9. The molecule has 1 fully saturated rings. The van der Waals surface area contributed by atoms with Crippen molar-refractivity contribution >= 4 is 17.3 Å². The highest BCUT2D eigenvalue weighted by Gasteiger charge is 2.37. The molecule has 1 aromatic heterocycles. The number of hydrogen-bond donors (Lipinski definition) is 1. The molecule has 146 valence electrons. The van der Waals surface area contributed by atoms with Crippen LogP contribution < -0.4 is 0 Å². The van der Waals surface area contributed by atoms with E-state index in [1.165, 1.54) is 0 Å². The van der Waals surface area contributed by atoms with Gasteiger partial charge in [0.1, 0.15) is 11.5 Å². The number of fused-ring (bicyclic) bond motifs is 1. The quantitative estimate of drug-likeness (QED) is 0.638. The van der Waals surface area contributed by atoms with Crippen molar-refractivity contribution in [3.8, 4) is 0 Å². The number of aryl methyl sites for hydroxylation is 1. The zero-order chi connectivity index (χ0) is 20.0. The summed E-state index contributed by atoms with van der Waals surface area (Å²) < 4.78 is 5.40. The first-order valence-corrected chi connectivity index (χ1v) is 9.45. The van der Waals surface area contributed by atoms with Crippen LogP contribution in [0.15, 0.2) is 20.8 Å². The molecule has 1 heterocycles. The van der Waals surface area contributed by atoms with Crippen molar-refractivity contribution in [1.29, 1.82) is 0 Å². The lowest BCUT2D eigenvalue weighted by Gasteiger charge is -2.31. The lowest BCUT2D eigenvalue weighted by Crippen LogP contribution is -2.32. The van der Waals surface area contributed by atoms with Gasteiger partial charge in [0, 0.05) is 44.9 Å². The van der Waals surface area contributed by atoms with Crippen molar-refractivity contribution in [3.05, 3.63) is 28.3 Å². The Labute approximate surface area is 159 Å². The van der Waals surface area contributed by atoms with Crippen molar-refractivity contribution < 1.29 is 19.2 Å². The molecular formula is C21H28N2O4. The van der Waals surface area contributed by atoms with Gasteiger partial charge in [-0.2, -0.15) is 0 Å². The minimum Gasteiger partial charge on any atom is -0.511 e. The lowest BCUT2D eigenvalue weighted by atomic mass is 9.73. The van der Waals surface area contributed by atoms with Crippen LogP contribution in [0.4, 0.5) is 0 Å². The summed E-state index contributed by atoms with van der Waals surface area (Å²) in [5.74, 6) is 0.612. The van der Waals surface area contributed by atoms with E-state index in [0.29, 0.717) is 60.4 Å². The molecule has 0 spiro atoms. The van der Waals surface area contributed by atoms with E-state index < -0.39 is 0 Å². The lowest BCUT2D eigenvalue weighted by molar-refractivity contribution is -0.117. The number of allylic oxidation sites excluding steroid dienone is 2. The monoisotopic (exact) mass is 372 g/mol.